The van der Waals surface area contributed by atoms with Crippen molar-refractivity contribution >= 4 is 17.9 Å². The molecule has 0 bridgehead atoms. The molecule has 0 spiro atoms. The van der Waals surface area contributed by atoms with E-state index in [2.05, 4.69) is 17.6 Å². The first-order chi connectivity index (χ1) is 17.4. The number of alkyl carbamates (subject to hydrolysis) is 1. The van der Waals surface area contributed by atoms with Crippen LogP contribution in [0.1, 0.15) is 75.3 Å². The van der Waals surface area contributed by atoms with Gasteiger partial charge in [0.15, 0.2) is 0 Å². The molecule has 0 aliphatic carbocycles. The number of carbonyl (C=O) groups excluding carboxylic acids is 3. The van der Waals surface area contributed by atoms with Crippen molar-refractivity contribution in [1.82, 2.24) is 15.5 Å². The van der Waals surface area contributed by atoms with Crippen LogP contribution in [0.4, 0.5) is 4.79 Å². The summed E-state index contributed by atoms with van der Waals surface area (Å²) < 4.78 is 5.44. The third-order valence-corrected chi connectivity index (χ3v) is 6.06. The summed E-state index contributed by atoms with van der Waals surface area (Å²) in [6.45, 7) is 11.9. The normalized spacial score (nSPS) is 12.8. The van der Waals surface area contributed by atoms with Gasteiger partial charge in [-0.2, -0.15) is 0 Å². The molecule has 0 radical (unpaired) electrons. The van der Waals surface area contributed by atoms with E-state index in [-0.39, 0.29) is 18.2 Å². The summed E-state index contributed by atoms with van der Waals surface area (Å²) in [7, 11) is 1.62. The molecule has 2 rings (SSSR count). The number of carbonyl (C=O) groups is 3. The molecule has 0 heterocycles. The third-order valence-electron chi connectivity index (χ3n) is 6.06. The Kier molecular flexibility index (Phi) is 11.2. The maximum absolute atomic E-state index is 13.9. The van der Waals surface area contributed by atoms with Gasteiger partial charge in [0.25, 0.3) is 0 Å². The standard InChI is InChI=1S/C30H43N3O4/c1-8-9-13-18-31-27(34)26(24-19-21(2)16-17-22(24)3)33(7)28(35)25(20-23-14-11-10-12-15-23)32-29(36)37-30(4,5)6/h10-12,14-17,19,25-26H,8-9,13,18,20H2,1-7H3,(H,31,34)(H,32,36). The molecule has 7 heteroatoms. The minimum atomic E-state index is -0.914. The smallest absolute Gasteiger partial charge is 0.408 e. The van der Waals surface area contributed by atoms with Gasteiger partial charge in [-0.05, 0) is 57.7 Å². The lowest BCUT2D eigenvalue weighted by Crippen LogP contribution is -2.52. The van der Waals surface area contributed by atoms with Crippen LogP contribution in [0.15, 0.2) is 48.5 Å². The van der Waals surface area contributed by atoms with E-state index in [9.17, 15) is 14.4 Å². The summed E-state index contributed by atoms with van der Waals surface area (Å²) in [6.07, 6.45) is 2.52. The van der Waals surface area contributed by atoms with Crippen molar-refractivity contribution in [2.75, 3.05) is 13.6 Å². The second-order valence-corrected chi connectivity index (χ2v) is 10.6. The SMILES string of the molecule is CCCCCNC(=O)C(c1cc(C)ccc1C)N(C)C(=O)C(Cc1ccccc1)NC(=O)OC(C)(C)C. The number of aryl methyl sites for hydroxylation is 2. The monoisotopic (exact) mass is 509 g/mol. The van der Waals surface area contributed by atoms with Gasteiger partial charge in [0.1, 0.15) is 17.7 Å². The summed E-state index contributed by atoms with van der Waals surface area (Å²) in [5.74, 6) is -0.610. The maximum Gasteiger partial charge on any atom is 0.408 e. The molecule has 0 aliphatic rings. The van der Waals surface area contributed by atoms with Gasteiger partial charge in [-0.15, -0.1) is 0 Å². The molecule has 37 heavy (non-hydrogen) atoms. The van der Waals surface area contributed by atoms with Crippen LogP contribution in [0.2, 0.25) is 0 Å². The van der Waals surface area contributed by atoms with Crippen LogP contribution < -0.4 is 10.6 Å². The van der Waals surface area contributed by atoms with E-state index < -0.39 is 23.8 Å². The van der Waals surface area contributed by atoms with Gasteiger partial charge in [-0.3, -0.25) is 9.59 Å². The highest BCUT2D eigenvalue weighted by molar-refractivity contribution is 5.92. The van der Waals surface area contributed by atoms with E-state index in [1.807, 2.05) is 62.4 Å². The Bertz CT molecular complexity index is 1050. The van der Waals surface area contributed by atoms with Gasteiger partial charge in [0, 0.05) is 20.0 Å². The van der Waals surface area contributed by atoms with Gasteiger partial charge in [0.05, 0.1) is 0 Å². The Morgan fingerprint density at radius 1 is 1.00 bits per heavy atom. The van der Waals surface area contributed by atoms with Gasteiger partial charge >= 0.3 is 6.09 Å². The number of nitrogens with zero attached hydrogens (tertiary/aromatic N) is 1. The Labute approximate surface area is 222 Å². The quantitative estimate of drug-likeness (QED) is 0.405. The van der Waals surface area contributed by atoms with Crippen LogP contribution in [-0.4, -0.2) is 48.0 Å². The van der Waals surface area contributed by atoms with E-state index >= 15 is 0 Å². The van der Waals surface area contributed by atoms with E-state index in [1.165, 1.54) is 4.90 Å². The number of likely N-dealkylation sites (N-methyl/N-ethyl adjacent to an activating group) is 1. The molecule has 0 aliphatic heterocycles. The Morgan fingerprint density at radius 3 is 2.30 bits per heavy atom. The highest BCUT2D eigenvalue weighted by atomic mass is 16.6. The molecule has 2 N–H and O–H groups in total. The minimum absolute atomic E-state index is 0.239. The van der Waals surface area contributed by atoms with Crippen molar-refractivity contribution < 1.29 is 19.1 Å². The molecule has 2 atom stereocenters. The van der Waals surface area contributed by atoms with E-state index in [0.29, 0.717) is 6.54 Å². The first kappa shape index (κ1) is 29.9. The summed E-state index contributed by atoms with van der Waals surface area (Å²) in [4.78, 5) is 41.5. The number of benzene rings is 2. The summed E-state index contributed by atoms with van der Waals surface area (Å²) >= 11 is 0. The Morgan fingerprint density at radius 2 is 1.68 bits per heavy atom. The van der Waals surface area contributed by atoms with Gasteiger partial charge < -0.3 is 20.3 Å². The third kappa shape index (κ3) is 9.56. The van der Waals surface area contributed by atoms with Crippen LogP contribution in [0.5, 0.6) is 0 Å². The molecule has 2 unspecified atom stereocenters. The molecule has 2 aromatic rings. The molecular formula is C30H43N3O4. The van der Waals surface area contributed by atoms with Crippen LogP contribution >= 0.6 is 0 Å². The Balaban J connectivity index is 2.40. The second kappa shape index (κ2) is 13.8. The number of hydrogen-bond acceptors (Lipinski definition) is 4. The molecule has 0 saturated carbocycles. The fourth-order valence-corrected chi connectivity index (χ4v) is 4.14. The van der Waals surface area contributed by atoms with Crippen molar-refractivity contribution in [2.45, 2.75) is 84.9 Å². The predicted molar refractivity (Wildman–Crippen MR) is 147 cm³/mol. The fraction of sp³-hybridized carbons (Fsp3) is 0.500. The first-order valence-electron chi connectivity index (χ1n) is 13.1. The minimum Gasteiger partial charge on any atom is -0.444 e. The lowest BCUT2D eigenvalue weighted by atomic mass is 9.96. The molecule has 202 valence electrons. The van der Waals surface area contributed by atoms with Crippen LogP contribution in [0.25, 0.3) is 0 Å². The summed E-state index contributed by atoms with van der Waals surface area (Å²) in [5, 5.41) is 5.76. The van der Waals surface area contributed by atoms with Gasteiger partial charge in [-0.25, -0.2) is 4.79 Å². The number of ether oxygens (including phenoxy) is 1. The van der Waals surface area contributed by atoms with E-state index in [1.54, 1.807) is 27.8 Å². The lowest BCUT2D eigenvalue weighted by Gasteiger charge is -2.32. The van der Waals surface area contributed by atoms with E-state index in [4.69, 9.17) is 4.74 Å². The van der Waals surface area contributed by atoms with Crippen molar-refractivity contribution in [3.8, 4) is 0 Å². The zero-order valence-electron chi connectivity index (χ0n) is 23.4. The molecule has 2 aromatic carbocycles. The number of amides is 3. The zero-order chi connectivity index (χ0) is 27.6. The first-order valence-corrected chi connectivity index (χ1v) is 13.1. The summed E-state index contributed by atoms with van der Waals surface area (Å²) in [6, 6.07) is 13.6. The molecule has 0 fully saturated rings. The van der Waals surface area contributed by atoms with Crippen molar-refractivity contribution in [1.29, 1.82) is 0 Å². The molecular weight excluding hydrogens is 466 g/mol. The maximum atomic E-state index is 13.9. The average molecular weight is 510 g/mol. The molecule has 7 nitrogen and oxygen atoms in total. The summed E-state index contributed by atoms with van der Waals surface area (Å²) in [5.41, 5.74) is 2.85. The second-order valence-electron chi connectivity index (χ2n) is 10.6. The van der Waals surface area contributed by atoms with Gasteiger partial charge in [0.2, 0.25) is 11.8 Å². The van der Waals surface area contributed by atoms with Crippen molar-refractivity contribution in [3.63, 3.8) is 0 Å². The molecule has 0 saturated heterocycles. The van der Waals surface area contributed by atoms with Crippen LogP contribution in [0.3, 0.4) is 0 Å². The highest BCUT2D eigenvalue weighted by Gasteiger charge is 2.34. The Hall–Kier alpha value is -3.35. The van der Waals surface area contributed by atoms with Crippen molar-refractivity contribution in [2.24, 2.45) is 0 Å². The van der Waals surface area contributed by atoms with Crippen LogP contribution in [0, 0.1) is 13.8 Å². The fourth-order valence-electron chi connectivity index (χ4n) is 4.14. The number of rotatable bonds is 11. The average Bonchev–Trinajstić information content (AvgIpc) is 2.82. The van der Waals surface area contributed by atoms with E-state index in [0.717, 1.165) is 41.5 Å². The van der Waals surface area contributed by atoms with Crippen LogP contribution in [-0.2, 0) is 20.7 Å². The molecule has 0 aromatic heterocycles. The topological polar surface area (TPSA) is 87.7 Å². The number of unbranched alkanes of at least 4 members (excludes halogenated alkanes) is 2. The van der Waals surface area contributed by atoms with Gasteiger partial charge in [-0.1, -0.05) is 73.9 Å². The highest BCUT2D eigenvalue weighted by Crippen LogP contribution is 2.26. The number of hydrogen-bond donors (Lipinski definition) is 2. The zero-order valence-corrected chi connectivity index (χ0v) is 23.4. The lowest BCUT2D eigenvalue weighted by molar-refractivity contribution is -0.140. The number of nitrogens with one attached hydrogen (secondary N) is 2. The largest absolute Gasteiger partial charge is 0.444 e. The van der Waals surface area contributed by atoms with Crippen molar-refractivity contribution in [3.05, 3.63) is 70.8 Å². The predicted octanol–water partition coefficient (Wildman–Crippen LogP) is 5.25. The molecule has 3 amide bonds.